The Kier molecular flexibility index (Phi) is 7.39. The van der Waals surface area contributed by atoms with Crippen molar-refractivity contribution in [3.05, 3.63) is 35.9 Å². The van der Waals surface area contributed by atoms with E-state index >= 15 is 0 Å². The number of aliphatic carboxylic acids is 1. The van der Waals surface area contributed by atoms with E-state index in [-0.39, 0.29) is 17.7 Å². The lowest BCUT2D eigenvalue weighted by atomic mass is 9.89. The summed E-state index contributed by atoms with van der Waals surface area (Å²) < 4.78 is 0. The summed E-state index contributed by atoms with van der Waals surface area (Å²) in [5.41, 5.74) is 0.311. The van der Waals surface area contributed by atoms with Crippen LogP contribution in [-0.4, -0.2) is 47.4 Å². The molecular weight excluding hydrogens is 344 g/mol. The van der Waals surface area contributed by atoms with Gasteiger partial charge in [-0.1, -0.05) is 30.3 Å². The molecule has 1 heterocycles. The molecular formula is C21H30N2O4. The Balaban J connectivity index is 1.69. The van der Waals surface area contributed by atoms with Crippen LogP contribution < -0.4 is 5.32 Å². The Morgan fingerprint density at radius 1 is 1.15 bits per heavy atom. The van der Waals surface area contributed by atoms with Gasteiger partial charge in [-0.25, -0.2) is 0 Å². The van der Waals surface area contributed by atoms with Crippen LogP contribution in [0, 0.1) is 11.3 Å². The first-order valence-corrected chi connectivity index (χ1v) is 9.62. The first-order chi connectivity index (χ1) is 12.8. The fourth-order valence-corrected chi connectivity index (χ4v) is 3.19. The van der Waals surface area contributed by atoms with E-state index in [1.807, 2.05) is 35.2 Å². The number of benzene rings is 1. The zero-order valence-corrected chi connectivity index (χ0v) is 16.2. The minimum atomic E-state index is -0.862. The third kappa shape index (κ3) is 6.38. The average molecular weight is 374 g/mol. The molecule has 2 rings (SSSR count). The van der Waals surface area contributed by atoms with Crippen molar-refractivity contribution < 1.29 is 19.5 Å². The molecule has 1 aliphatic rings. The summed E-state index contributed by atoms with van der Waals surface area (Å²) in [5.74, 6) is -0.858. The van der Waals surface area contributed by atoms with Crippen LogP contribution in [0.5, 0.6) is 0 Å². The van der Waals surface area contributed by atoms with Crippen molar-refractivity contribution in [1.82, 2.24) is 10.2 Å². The Labute approximate surface area is 160 Å². The van der Waals surface area contributed by atoms with Gasteiger partial charge in [-0.2, -0.15) is 0 Å². The molecule has 1 aromatic carbocycles. The summed E-state index contributed by atoms with van der Waals surface area (Å²) in [5, 5.41) is 12.0. The lowest BCUT2D eigenvalue weighted by Gasteiger charge is -2.31. The second kappa shape index (κ2) is 9.53. The molecule has 0 bridgehead atoms. The number of amides is 2. The Morgan fingerprint density at radius 2 is 1.78 bits per heavy atom. The molecule has 27 heavy (non-hydrogen) atoms. The number of likely N-dealkylation sites (tertiary alicyclic amines) is 1. The molecule has 0 aliphatic carbocycles. The molecule has 0 saturated carbocycles. The van der Waals surface area contributed by atoms with E-state index < -0.39 is 11.4 Å². The Hall–Kier alpha value is -2.37. The van der Waals surface area contributed by atoms with E-state index in [4.69, 9.17) is 5.11 Å². The minimum absolute atomic E-state index is 0.0347. The highest BCUT2D eigenvalue weighted by Crippen LogP contribution is 2.21. The molecule has 0 spiro atoms. The molecule has 0 aromatic heterocycles. The van der Waals surface area contributed by atoms with E-state index in [1.165, 1.54) is 0 Å². The number of aryl methyl sites for hydroxylation is 1. The quantitative estimate of drug-likeness (QED) is 0.732. The van der Waals surface area contributed by atoms with E-state index in [0.29, 0.717) is 45.3 Å². The van der Waals surface area contributed by atoms with Crippen molar-refractivity contribution in [2.75, 3.05) is 19.6 Å². The van der Waals surface area contributed by atoms with E-state index in [1.54, 1.807) is 13.8 Å². The van der Waals surface area contributed by atoms with Crippen LogP contribution in [0.15, 0.2) is 30.3 Å². The number of carbonyl (C=O) groups is 3. The van der Waals surface area contributed by atoms with Gasteiger partial charge in [-0.15, -0.1) is 0 Å². The number of piperidine rings is 1. The van der Waals surface area contributed by atoms with Crippen LogP contribution in [0.1, 0.15) is 45.1 Å². The second-order valence-electron chi connectivity index (χ2n) is 7.87. The second-order valence-corrected chi connectivity index (χ2v) is 7.87. The van der Waals surface area contributed by atoms with Crippen molar-refractivity contribution in [2.45, 2.75) is 46.0 Å². The van der Waals surface area contributed by atoms with Gasteiger partial charge in [0.1, 0.15) is 0 Å². The van der Waals surface area contributed by atoms with Crippen LogP contribution in [0.4, 0.5) is 0 Å². The molecule has 0 unspecified atom stereocenters. The number of carboxylic acids is 1. The average Bonchev–Trinajstić information content (AvgIpc) is 2.66. The molecule has 148 valence electrons. The number of hydrogen-bond acceptors (Lipinski definition) is 3. The first kappa shape index (κ1) is 20.9. The number of carbonyl (C=O) groups excluding carboxylic acids is 2. The fourth-order valence-electron chi connectivity index (χ4n) is 3.19. The molecule has 1 fully saturated rings. The molecule has 0 radical (unpaired) electrons. The van der Waals surface area contributed by atoms with Gasteiger partial charge in [-0.05, 0) is 45.1 Å². The van der Waals surface area contributed by atoms with Crippen LogP contribution >= 0.6 is 0 Å². The molecule has 6 nitrogen and oxygen atoms in total. The summed E-state index contributed by atoms with van der Waals surface area (Å²) in [6, 6.07) is 9.96. The summed E-state index contributed by atoms with van der Waals surface area (Å²) in [7, 11) is 0. The first-order valence-electron chi connectivity index (χ1n) is 9.62. The van der Waals surface area contributed by atoms with Gasteiger partial charge < -0.3 is 15.3 Å². The molecule has 1 aromatic rings. The van der Waals surface area contributed by atoms with Crippen molar-refractivity contribution >= 4 is 17.8 Å². The minimum Gasteiger partial charge on any atom is -0.481 e. The molecule has 1 aliphatic heterocycles. The van der Waals surface area contributed by atoms with E-state index in [2.05, 4.69) is 5.32 Å². The highest BCUT2D eigenvalue weighted by Gasteiger charge is 2.29. The van der Waals surface area contributed by atoms with E-state index in [9.17, 15) is 14.4 Å². The fraction of sp³-hybridized carbons (Fsp3) is 0.571. The third-order valence-electron chi connectivity index (χ3n) is 5.32. The number of hydrogen-bond donors (Lipinski definition) is 2. The van der Waals surface area contributed by atoms with Gasteiger partial charge in [0.25, 0.3) is 0 Å². The zero-order valence-electron chi connectivity index (χ0n) is 16.2. The molecule has 2 N–H and O–H groups in total. The van der Waals surface area contributed by atoms with Gasteiger partial charge in [0.05, 0.1) is 5.41 Å². The predicted molar refractivity (Wildman–Crippen MR) is 103 cm³/mol. The lowest BCUT2D eigenvalue weighted by Crippen LogP contribution is -2.43. The largest absolute Gasteiger partial charge is 0.481 e. The summed E-state index contributed by atoms with van der Waals surface area (Å²) in [6.07, 6.45) is 2.94. The normalized spacial score (nSPS) is 15.4. The molecule has 2 amide bonds. The monoisotopic (exact) mass is 374 g/mol. The number of nitrogens with one attached hydrogen (secondary N) is 1. The van der Waals surface area contributed by atoms with E-state index in [0.717, 1.165) is 12.0 Å². The summed E-state index contributed by atoms with van der Waals surface area (Å²) in [4.78, 5) is 37.6. The number of nitrogens with zero attached hydrogens (tertiary/aromatic N) is 1. The van der Waals surface area contributed by atoms with Crippen LogP contribution in [-0.2, 0) is 20.8 Å². The van der Waals surface area contributed by atoms with Crippen LogP contribution in [0.25, 0.3) is 0 Å². The van der Waals surface area contributed by atoms with Gasteiger partial charge in [0.15, 0.2) is 0 Å². The Bertz CT molecular complexity index is 649. The Morgan fingerprint density at radius 3 is 2.37 bits per heavy atom. The SMILES string of the molecule is CC(C)(CCNC(=O)C1CCN(C(=O)CCc2ccccc2)CC1)C(=O)O. The highest BCUT2D eigenvalue weighted by molar-refractivity contribution is 5.80. The summed E-state index contributed by atoms with van der Waals surface area (Å²) >= 11 is 0. The van der Waals surface area contributed by atoms with Gasteiger partial charge >= 0.3 is 5.97 Å². The van der Waals surface area contributed by atoms with Gasteiger partial charge in [0.2, 0.25) is 11.8 Å². The van der Waals surface area contributed by atoms with Gasteiger partial charge in [0, 0.05) is 32.0 Å². The predicted octanol–water partition coefficient (Wildman–Crippen LogP) is 2.47. The third-order valence-corrected chi connectivity index (χ3v) is 5.32. The lowest BCUT2D eigenvalue weighted by molar-refractivity contribution is -0.147. The zero-order chi connectivity index (χ0) is 19.9. The van der Waals surface area contributed by atoms with Crippen molar-refractivity contribution in [3.63, 3.8) is 0 Å². The molecule has 1 saturated heterocycles. The van der Waals surface area contributed by atoms with Crippen molar-refractivity contribution in [1.29, 1.82) is 0 Å². The standard InChI is InChI=1S/C21H30N2O4/c1-21(2,20(26)27)12-13-22-19(25)17-10-14-23(15-11-17)18(24)9-8-16-6-4-3-5-7-16/h3-7,17H,8-15H2,1-2H3,(H,22,25)(H,26,27). The smallest absolute Gasteiger partial charge is 0.309 e. The van der Waals surface area contributed by atoms with Crippen molar-refractivity contribution in [3.8, 4) is 0 Å². The van der Waals surface area contributed by atoms with Crippen LogP contribution in [0.3, 0.4) is 0 Å². The van der Waals surface area contributed by atoms with Crippen molar-refractivity contribution in [2.24, 2.45) is 11.3 Å². The maximum atomic E-state index is 12.4. The summed E-state index contributed by atoms with van der Waals surface area (Å²) in [6.45, 7) is 4.87. The van der Waals surface area contributed by atoms with Gasteiger partial charge in [-0.3, -0.25) is 14.4 Å². The number of rotatable bonds is 8. The maximum Gasteiger partial charge on any atom is 0.309 e. The van der Waals surface area contributed by atoms with Crippen LogP contribution in [0.2, 0.25) is 0 Å². The maximum absolute atomic E-state index is 12.4. The molecule has 6 heteroatoms. The topological polar surface area (TPSA) is 86.7 Å². The number of carboxylic acid groups (broad SMARTS) is 1. The molecule has 0 atom stereocenters. The highest BCUT2D eigenvalue weighted by atomic mass is 16.4.